The third-order valence-corrected chi connectivity index (χ3v) is 6.87. The molecule has 0 radical (unpaired) electrons. The summed E-state index contributed by atoms with van der Waals surface area (Å²) in [6.45, 7) is 2.14. The zero-order valence-corrected chi connectivity index (χ0v) is 18.2. The molecule has 0 saturated carbocycles. The van der Waals surface area contributed by atoms with Crippen molar-refractivity contribution in [3.63, 3.8) is 0 Å². The number of carbonyl (C=O) groups is 1. The predicted molar refractivity (Wildman–Crippen MR) is 116 cm³/mol. The molecule has 0 aliphatic carbocycles. The van der Waals surface area contributed by atoms with Crippen LogP contribution >= 0.6 is 11.3 Å². The quantitative estimate of drug-likeness (QED) is 0.386. The highest BCUT2D eigenvalue weighted by Crippen LogP contribution is 2.21. The van der Waals surface area contributed by atoms with Gasteiger partial charge in [0.25, 0.3) is 15.9 Å². The average molecular weight is 447 g/mol. The van der Waals surface area contributed by atoms with Gasteiger partial charge < -0.3 is 4.74 Å². The van der Waals surface area contributed by atoms with E-state index in [9.17, 15) is 13.2 Å². The minimum absolute atomic E-state index is 0.123. The summed E-state index contributed by atoms with van der Waals surface area (Å²) in [4.78, 5) is 12.3. The van der Waals surface area contributed by atoms with Gasteiger partial charge in [-0.25, -0.2) is 13.1 Å². The fraction of sp³-hybridized carbons (Fsp3) is 0.250. The summed E-state index contributed by atoms with van der Waals surface area (Å²) in [6, 6.07) is 14.7. The second kappa shape index (κ2) is 9.79. The van der Waals surface area contributed by atoms with E-state index in [1.807, 2.05) is 37.3 Å². The third-order valence-electron chi connectivity index (χ3n) is 4.21. The second-order valence-corrected chi connectivity index (χ2v) is 9.47. The number of nitrogens with zero attached hydrogens (tertiary/aromatic N) is 2. The predicted octanol–water partition coefficient (Wildman–Crippen LogP) is 3.02. The molecule has 0 bridgehead atoms. The lowest BCUT2D eigenvalue weighted by Crippen LogP contribution is -2.25. The van der Waals surface area contributed by atoms with E-state index in [0.717, 1.165) is 28.2 Å². The molecule has 1 amide bonds. The van der Waals surface area contributed by atoms with Crippen LogP contribution in [0.3, 0.4) is 0 Å². The van der Waals surface area contributed by atoms with Crippen LogP contribution in [0.25, 0.3) is 0 Å². The molecule has 0 atom stereocenters. The highest BCUT2D eigenvalue weighted by molar-refractivity contribution is 7.91. The summed E-state index contributed by atoms with van der Waals surface area (Å²) < 4.78 is 32.4. The van der Waals surface area contributed by atoms with E-state index < -0.39 is 10.0 Å². The van der Waals surface area contributed by atoms with Gasteiger partial charge in [0.2, 0.25) is 9.47 Å². The molecule has 10 heteroatoms. The molecule has 0 saturated heterocycles. The van der Waals surface area contributed by atoms with E-state index in [4.69, 9.17) is 4.74 Å². The normalized spacial score (nSPS) is 11.3. The average Bonchev–Trinajstić information content (AvgIpc) is 3.21. The van der Waals surface area contributed by atoms with Crippen molar-refractivity contribution in [2.24, 2.45) is 0 Å². The molecule has 0 fully saturated rings. The van der Waals surface area contributed by atoms with Gasteiger partial charge in [-0.05, 0) is 49.6 Å². The maximum atomic E-state index is 12.4. The van der Waals surface area contributed by atoms with Gasteiger partial charge >= 0.3 is 0 Å². The summed E-state index contributed by atoms with van der Waals surface area (Å²) in [6.07, 6.45) is 1.32. The molecule has 0 aliphatic rings. The summed E-state index contributed by atoms with van der Waals surface area (Å²) in [5.74, 6) is 0.396. The first-order valence-electron chi connectivity index (χ1n) is 9.21. The van der Waals surface area contributed by atoms with Crippen LogP contribution in [-0.4, -0.2) is 38.2 Å². The summed E-state index contributed by atoms with van der Waals surface area (Å²) in [5.41, 5.74) is 2.47. The molecule has 2 N–H and O–H groups in total. The Hall–Kier alpha value is -2.82. The molecule has 2 aromatic carbocycles. The molecular weight excluding hydrogens is 424 g/mol. The second-order valence-electron chi connectivity index (χ2n) is 6.55. The van der Waals surface area contributed by atoms with E-state index in [2.05, 4.69) is 20.2 Å². The standard InChI is InChI=1S/C20H22N4O4S2/c1-14-6-3-9-16(12-14)18(25)22-19-23-24-20(29-19)30(26,27)21-11-5-8-15-7-4-10-17(13-15)28-2/h3-4,6-7,9-10,12-13,21H,5,8,11H2,1-2H3,(H,22,23,25). The zero-order valence-electron chi connectivity index (χ0n) is 16.6. The van der Waals surface area contributed by atoms with E-state index in [1.165, 1.54) is 0 Å². The molecule has 3 aromatic rings. The summed E-state index contributed by atoms with van der Waals surface area (Å²) >= 11 is 0.805. The number of carbonyl (C=O) groups excluding carboxylic acids is 1. The highest BCUT2D eigenvalue weighted by atomic mass is 32.2. The zero-order chi connectivity index (χ0) is 21.6. The first-order chi connectivity index (χ1) is 14.4. The van der Waals surface area contributed by atoms with E-state index in [0.29, 0.717) is 18.4 Å². The highest BCUT2D eigenvalue weighted by Gasteiger charge is 2.20. The molecular formula is C20H22N4O4S2. The van der Waals surface area contributed by atoms with Crippen LogP contribution in [0.15, 0.2) is 52.9 Å². The van der Waals surface area contributed by atoms with Gasteiger partial charge in [-0.2, -0.15) is 0 Å². The van der Waals surface area contributed by atoms with Gasteiger partial charge in [0, 0.05) is 12.1 Å². The molecule has 158 valence electrons. The van der Waals surface area contributed by atoms with Gasteiger partial charge in [0.1, 0.15) is 5.75 Å². The number of amides is 1. The van der Waals surface area contributed by atoms with Crippen LogP contribution in [0.5, 0.6) is 5.75 Å². The number of aryl methyl sites for hydroxylation is 2. The van der Waals surface area contributed by atoms with Crippen LogP contribution in [-0.2, 0) is 16.4 Å². The lowest BCUT2D eigenvalue weighted by Gasteiger charge is -2.05. The number of anilines is 1. The van der Waals surface area contributed by atoms with Crippen molar-refractivity contribution in [2.45, 2.75) is 24.1 Å². The Kier molecular flexibility index (Phi) is 7.14. The van der Waals surface area contributed by atoms with Crippen LogP contribution < -0.4 is 14.8 Å². The Labute approximate surface area is 179 Å². The fourth-order valence-electron chi connectivity index (χ4n) is 2.71. The van der Waals surface area contributed by atoms with Crippen molar-refractivity contribution in [1.82, 2.24) is 14.9 Å². The molecule has 3 rings (SSSR count). The van der Waals surface area contributed by atoms with Gasteiger partial charge in [-0.1, -0.05) is 41.2 Å². The number of aromatic nitrogens is 2. The van der Waals surface area contributed by atoms with Crippen LogP contribution in [0.1, 0.15) is 27.9 Å². The number of rotatable bonds is 9. The number of nitrogens with one attached hydrogen (secondary N) is 2. The SMILES string of the molecule is COc1cccc(CCCNS(=O)(=O)c2nnc(NC(=O)c3cccc(C)c3)s2)c1. The smallest absolute Gasteiger partial charge is 0.269 e. The Morgan fingerprint density at radius 2 is 1.93 bits per heavy atom. The molecule has 1 aromatic heterocycles. The van der Waals surface area contributed by atoms with Crippen LogP contribution in [0, 0.1) is 6.92 Å². The number of methoxy groups -OCH3 is 1. The van der Waals surface area contributed by atoms with Crippen molar-refractivity contribution in [1.29, 1.82) is 0 Å². The Morgan fingerprint density at radius 3 is 2.70 bits per heavy atom. The van der Waals surface area contributed by atoms with Gasteiger partial charge in [-0.15, -0.1) is 10.2 Å². The topological polar surface area (TPSA) is 110 Å². The molecule has 0 unspecified atom stereocenters. The van der Waals surface area contributed by atoms with Gasteiger partial charge in [0.15, 0.2) is 0 Å². The van der Waals surface area contributed by atoms with Crippen molar-refractivity contribution in [2.75, 3.05) is 19.0 Å². The lowest BCUT2D eigenvalue weighted by molar-refractivity contribution is 0.102. The molecule has 1 heterocycles. The number of hydrogen-bond acceptors (Lipinski definition) is 7. The number of sulfonamides is 1. The fourth-order valence-corrected chi connectivity index (χ4v) is 4.72. The molecule has 0 spiro atoms. The summed E-state index contributed by atoms with van der Waals surface area (Å²) in [5, 5.41) is 10.2. The van der Waals surface area contributed by atoms with Crippen molar-refractivity contribution < 1.29 is 17.9 Å². The van der Waals surface area contributed by atoms with E-state index in [-0.39, 0.29) is 21.9 Å². The largest absolute Gasteiger partial charge is 0.497 e. The number of benzene rings is 2. The number of hydrogen-bond donors (Lipinski definition) is 2. The molecule has 30 heavy (non-hydrogen) atoms. The Bertz CT molecular complexity index is 1130. The molecule has 0 aliphatic heterocycles. The van der Waals surface area contributed by atoms with Gasteiger partial charge in [-0.3, -0.25) is 10.1 Å². The van der Waals surface area contributed by atoms with E-state index in [1.54, 1.807) is 25.3 Å². The third kappa shape index (κ3) is 5.85. The monoisotopic (exact) mass is 446 g/mol. The Morgan fingerprint density at radius 1 is 1.13 bits per heavy atom. The lowest BCUT2D eigenvalue weighted by atomic mass is 10.1. The van der Waals surface area contributed by atoms with Crippen LogP contribution in [0.4, 0.5) is 5.13 Å². The van der Waals surface area contributed by atoms with E-state index >= 15 is 0 Å². The minimum atomic E-state index is -3.79. The van der Waals surface area contributed by atoms with Crippen molar-refractivity contribution in [3.05, 3.63) is 65.2 Å². The number of ether oxygens (including phenoxy) is 1. The van der Waals surface area contributed by atoms with Crippen molar-refractivity contribution >= 4 is 32.4 Å². The first kappa shape index (κ1) is 21.9. The Balaban J connectivity index is 1.54. The maximum Gasteiger partial charge on any atom is 0.269 e. The summed E-state index contributed by atoms with van der Waals surface area (Å²) in [7, 11) is -2.19. The van der Waals surface area contributed by atoms with Crippen LogP contribution in [0.2, 0.25) is 0 Å². The minimum Gasteiger partial charge on any atom is -0.497 e. The van der Waals surface area contributed by atoms with Crippen molar-refractivity contribution in [3.8, 4) is 5.75 Å². The first-order valence-corrected chi connectivity index (χ1v) is 11.5. The maximum absolute atomic E-state index is 12.4. The molecule has 8 nitrogen and oxygen atoms in total. The van der Waals surface area contributed by atoms with Gasteiger partial charge in [0.05, 0.1) is 7.11 Å².